The Morgan fingerprint density at radius 1 is 1.23 bits per heavy atom. The summed E-state index contributed by atoms with van der Waals surface area (Å²) in [5, 5.41) is 19.6. The van der Waals surface area contributed by atoms with E-state index in [1.54, 1.807) is 10.9 Å². The Hall–Kier alpha value is -2.71. The first-order chi connectivity index (χ1) is 12.7. The summed E-state index contributed by atoms with van der Waals surface area (Å²) in [6.07, 6.45) is 3.20. The summed E-state index contributed by atoms with van der Waals surface area (Å²) in [7, 11) is 0. The number of ether oxygens (including phenoxy) is 1. The van der Waals surface area contributed by atoms with Crippen molar-refractivity contribution in [3.63, 3.8) is 0 Å². The first-order valence-electron chi connectivity index (χ1n) is 8.57. The molecular formula is C18H21N5O3. The van der Waals surface area contributed by atoms with Gasteiger partial charge in [-0.1, -0.05) is 30.3 Å². The van der Waals surface area contributed by atoms with Crippen LogP contribution in [0.1, 0.15) is 18.4 Å². The van der Waals surface area contributed by atoms with Crippen LogP contribution >= 0.6 is 0 Å². The molecule has 8 nitrogen and oxygen atoms in total. The van der Waals surface area contributed by atoms with Crippen LogP contribution in [0.4, 0.5) is 5.95 Å². The minimum Gasteiger partial charge on any atom is -0.471 e. The fourth-order valence-corrected chi connectivity index (χ4v) is 3.59. The van der Waals surface area contributed by atoms with Crippen LogP contribution in [0.25, 0.3) is 11.2 Å². The smallest absolute Gasteiger partial charge is 0.247 e. The summed E-state index contributed by atoms with van der Waals surface area (Å²) in [6, 6.07) is 9.74. The molecule has 0 saturated heterocycles. The molecular weight excluding hydrogens is 334 g/mol. The zero-order valence-electron chi connectivity index (χ0n) is 14.2. The van der Waals surface area contributed by atoms with Crippen molar-refractivity contribution in [2.24, 2.45) is 5.92 Å². The molecule has 4 N–H and O–H groups in total. The van der Waals surface area contributed by atoms with E-state index in [2.05, 4.69) is 15.0 Å². The van der Waals surface area contributed by atoms with Crippen LogP contribution in [-0.4, -0.2) is 42.9 Å². The van der Waals surface area contributed by atoms with Crippen molar-refractivity contribution >= 4 is 17.1 Å². The molecule has 136 valence electrons. The van der Waals surface area contributed by atoms with E-state index < -0.39 is 5.54 Å². The highest BCUT2D eigenvalue weighted by molar-refractivity contribution is 5.78. The van der Waals surface area contributed by atoms with Gasteiger partial charge in [-0.3, -0.25) is 0 Å². The highest BCUT2D eigenvalue weighted by Crippen LogP contribution is 2.46. The number of nitrogens with two attached hydrogens (primary N) is 1. The second kappa shape index (κ2) is 6.54. The number of imidazole rings is 1. The molecule has 0 amide bonds. The summed E-state index contributed by atoms with van der Waals surface area (Å²) in [6.45, 7) is 0.232. The number of fused-ring (bicyclic) bond motifs is 1. The number of hydrogen-bond acceptors (Lipinski definition) is 7. The predicted molar refractivity (Wildman–Crippen MR) is 95.4 cm³/mol. The van der Waals surface area contributed by atoms with E-state index in [4.69, 9.17) is 10.5 Å². The number of rotatable bonds is 6. The second-order valence-corrected chi connectivity index (χ2v) is 6.63. The van der Waals surface area contributed by atoms with Gasteiger partial charge in [0, 0.05) is 12.5 Å². The van der Waals surface area contributed by atoms with Gasteiger partial charge in [0.25, 0.3) is 0 Å². The predicted octanol–water partition coefficient (Wildman–Crippen LogP) is 1.08. The summed E-state index contributed by atoms with van der Waals surface area (Å²) >= 11 is 0. The molecule has 0 spiro atoms. The number of aromatic nitrogens is 4. The van der Waals surface area contributed by atoms with Gasteiger partial charge >= 0.3 is 0 Å². The maximum absolute atomic E-state index is 9.99. The molecule has 4 rings (SSSR count). The molecule has 0 aliphatic heterocycles. The Morgan fingerprint density at radius 2 is 2.04 bits per heavy atom. The Kier molecular flexibility index (Phi) is 4.21. The average Bonchev–Trinajstić information content (AvgIpc) is 3.05. The number of anilines is 1. The molecule has 0 radical (unpaired) electrons. The van der Waals surface area contributed by atoms with Gasteiger partial charge in [-0.25, -0.2) is 4.98 Å². The van der Waals surface area contributed by atoms with Gasteiger partial charge in [-0.2, -0.15) is 9.97 Å². The molecule has 2 aromatic heterocycles. The van der Waals surface area contributed by atoms with Gasteiger partial charge in [0.1, 0.15) is 6.61 Å². The minimum absolute atomic E-state index is 0.00182. The summed E-state index contributed by atoms with van der Waals surface area (Å²) < 4.78 is 7.64. The molecule has 1 aliphatic carbocycles. The van der Waals surface area contributed by atoms with E-state index in [0.29, 0.717) is 23.7 Å². The maximum Gasteiger partial charge on any atom is 0.247 e. The monoisotopic (exact) mass is 355 g/mol. The van der Waals surface area contributed by atoms with Gasteiger partial charge in [-0.15, -0.1) is 0 Å². The molecule has 3 aromatic rings. The van der Waals surface area contributed by atoms with E-state index in [1.165, 1.54) is 0 Å². The minimum atomic E-state index is -0.610. The Morgan fingerprint density at radius 3 is 2.69 bits per heavy atom. The molecule has 0 bridgehead atoms. The van der Waals surface area contributed by atoms with Crippen molar-refractivity contribution in [2.45, 2.75) is 25.0 Å². The largest absolute Gasteiger partial charge is 0.471 e. The van der Waals surface area contributed by atoms with E-state index in [-0.39, 0.29) is 25.1 Å². The number of aliphatic hydroxyl groups is 2. The highest BCUT2D eigenvalue weighted by atomic mass is 16.5. The van der Waals surface area contributed by atoms with Crippen molar-refractivity contribution in [3.05, 3.63) is 42.2 Å². The average molecular weight is 355 g/mol. The molecule has 8 heteroatoms. The summed E-state index contributed by atoms with van der Waals surface area (Å²) in [5.41, 5.74) is 7.27. The summed E-state index contributed by atoms with van der Waals surface area (Å²) in [5.74, 6) is 0.341. The molecule has 2 unspecified atom stereocenters. The quantitative estimate of drug-likeness (QED) is 0.605. The summed E-state index contributed by atoms with van der Waals surface area (Å²) in [4.78, 5) is 12.9. The lowest BCUT2D eigenvalue weighted by Crippen LogP contribution is -2.53. The van der Waals surface area contributed by atoms with Crippen molar-refractivity contribution in [3.8, 4) is 5.88 Å². The molecule has 2 heterocycles. The fraction of sp³-hybridized carbons (Fsp3) is 0.389. The number of nitrogen functional groups attached to an aromatic ring is 1. The standard InChI is InChI=1S/C18H21N5O3/c19-17-21-15-14(16(22-17)26-9-12-4-2-1-3-5-12)20-11-23(15)18(10-25)7-6-13(18)8-24/h1-5,11,13,24-25H,6-10H2,(H2,19,21,22). The van der Waals surface area contributed by atoms with Crippen LogP contribution in [0.2, 0.25) is 0 Å². The van der Waals surface area contributed by atoms with Crippen LogP contribution in [0.3, 0.4) is 0 Å². The van der Waals surface area contributed by atoms with Gasteiger partial charge in [0.15, 0.2) is 11.2 Å². The SMILES string of the molecule is Nc1nc(OCc2ccccc2)c2ncn(C3(CO)CCC3CO)c2n1. The molecule has 2 atom stereocenters. The third kappa shape index (κ3) is 2.58. The van der Waals surface area contributed by atoms with Gasteiger partial charge < -0.3 is 25.3 Å². The van der Waals surface area contributed by atoms with Crippen LogP contribution in [0.5, 0.6) is 5.88 Å². The van der Waals surface area contributed by atoms with Gasteiger partial charge in [-0.05, 0) is 18.4 Å². The molecule has 1 aliphatic rings. The Bertz CT molecular complexity index is 908. The van der Waals surface area contributed by atoms with E-state index in [1.807, 2.05) is 30.3 Å². The number of benzene rings is 1. The third-order valence-electron chi connectivity index (χ3n) is 5.26. The fourth-order valence-electron chi connectivity index (χ4n) is 3.59. The van der Waals surface area contributed by atoms with Gasteiger partial charge in [0.05, 0.1) is 18.5 Å². The maximum atomic E-state index is 9.99. The number of nitrogens with zero attached hydrogens (tertiary/aromatic N) is 4. The lowest BCUT2D eigenvalue weighted by Gasteiger charge is -2.48. The van der Waals surface area contributed by atoms with Crippen molar-refractivity contribution < 1.29 is 14.9 Å². The van der Waals surface area contributed by atoms with Crippen LogP contribution in [0.15, 0.2) is 36.7 Å². The molecule has 1 saturated carbocycles. The zero-order valence-corrected chi connectivity index (χ0v) is 14.2. The van der Waals surface area contributed by atoms with Crippen molar-refractivity contribution in [1.82, 2.24) is 19.5 Å². The lowest BCUT2D eigenvalue weighted by atomic mass is 9.67. The number of hydrogen-bond donors (Lipinski definition) is 3. The van der Waals surface area contributed by atoms with Crippen molar-refractivity contribution in [1.29, 1.82) is 0 Å². The highest BCUT2D eigenvalue weighted by Gasteiger charge is 2.48. The first kappa shape index (κ1) is 16.7. The topological polar surface area (TPSA) is 119 Å². The molecule has 1 fully saturated rings. The number of aliphatic hydroxyl groups excluding tert-OH is 2. The third-order valence-corrected chi connectivity index (χ3v) is 5.26. The van der Waals surface area contributed by atoms with Crippen LogP contribution < -0.4 is 10.5 Å². The van der Waals surface area contributed by atoms with Gasteiger partial charge in [0.2, 0.25) is 11.8 Å². The second-order valence-electron chi connectivity index (χ2n) is 6.63. The van der Waals surface area contributed by atoms with Crippen LogP contribution in [0, 0.1) is 5.92 Å². The van der Waals surface area contributed by atoms with E-state index in [0.717, 1.165) is 18.4 Å². The normalized spacial score (nSPS) is 22.3. The lowest BCUT2D eigenvalue weighted by molar-refractivity contribution is -0.0388. The molecule has 26 heavy (non-hydrogen) atoms. The zero-order chi connectivity index (χ0) is 18.1. The molecule has 1 aromatic carbocycles. The van der Waals surface area contributed by atoms with E-state index >= 15 is 0 Å². The Balaban J connectivity index is 1.71. The Labute approximate surface area is 150 Å². The van der Waals surface area contributed by atoms with Crippen molar-refractivity contribution in [2.75, 3.05) is 18.9 Å². The van der Waals surface area contributed by atoms with E-state index in [9.17, 15) is 10.2 Å². The van der Waals surface area contributed by atoms with Crippen LogP contribution in [-0.2, 0) is 12.1 Å². The first-order valence-corrected chi connectivity index (χ1v) is 8.57.